The van der Waals surface area contributed by atoms with Crippen molar-refractivity contribution in [1.82, 2.24) is 5.32 Å². The molecule has 0 aliphatic carbocycles. The molecule has 1 aromatic heterocycles. The van der Waals surface area contributed by atoms with E-state index in [1.807, 2.05) is 31.4 Å². The van der Waals surface area contributed by atoms with Gasteiger partial charge >= 0.3 is 0 Å². The van der Waals surface area contributed by atoms with E-state index in [0.29, 0.717) is 0 Å². The predicted octanol–water partition coefficient (Wildman–Crippen LogP) is 2.05. The third-order valence-electron chi connectivity index (χ3n) is 2.27. The highest BCUT2D eigenvalue weighted by Crippen LogP contribution is 2.18. The van der Waals surface area contributed by atoms with Crippen LogP contribution in [0, 0.1) is 0 Å². The molecular weight excluding hydrogens is 208 g/mol. The first-order valence-corrected chi connectivity index (χ1v) is 6.12. The molecule has 1 amide bonds. The summed E-state index contributed by atoms with van der Waals surface area (Å²) in [5.41, 5.74) is 5.72. The lowest BCUT2D eigenvalue weighted by Gasteiger charge is -2.15. The van der Waals surface area contributed by atoms with Crippen LogP contribution in [-0.4, -0.2) is 11.9 Å². The van der Waals surface area contributed by atoms with Crippen LogP contribution in [0.25, 0.3) is 0 Å². The van der Waals surface area contributed by atoms with Gasteiger partial charge in [0, 0.05) is 4.88 Å². The number of nitrogens with one attached hydrogen (secondary N) is 1. The minimum absolute atomic E-state index is 0.0559. The molecule has 1 rings (SSSR count). The molecule has 0 spiro atoms. The van der Waals surface area contributed by atoms with Crippen LogP contribution in [-0.2, 0) is 4.79 Å². The van der Waals surface area contributed by atoms with Gasteiger partial charge < -0.3 is 11.1 Å². The van der Waals surface area contributed by atoms with E-state index in [2.05, 4.69) is 5.32 Å². The van der Waals surface area contributed by atoms with Gasteiger partial charge in [-0.25, -0.2) is 0 Å². The number of amides is 1. The molecule has 3 N–H and O–H groups in total. The highest BCUT2D eigenvalue weighted by molar-refractivity contribution is 7.10. The molecule has 0 aliphatic rings. The summed E-state index contributed by atoms with van der Waals surface area (Å²) in [6.07, 6.45) is 1.67. The second-order valence-corrected chi connectivity index (χ2v) is 4.62. The van der Waals surface area contributed by atoms with Crippen molar-refractivity contribution in [2.24, 2.45) is 5.73 Å². The third kappa shape index (κ3) is 3.64. The molecule has 0 unspecified atom stereocenters. The lowest BCUT2D eigenvalue weighted by Crippen LogP contribution is -2.41. The third-order valence-corrected chi connectivity index (χ3v) is 3.32. The van der Waals surface area contributed by atoms with Gasteiger partial charge in [-0.3, -0.25) is 4.79 Å². The number of rotatable bonds is 5. The second-order valence-electron chi connectivity index (χ2n) is 3.64. The van der Waals surface area contributed by atoms with E-state index in [1.54, 1.807) is 11.3 Å². The van der Waals surface area contributed by atoms with Gasteiger partial charge in [0.15, 0.2) is 0 Å². The number of carbonyl (C=O) groups is 1. The molecule has 84 valence electrons. The highest BCUT2D eigenvalue weighted by Gasteiger charge is 2.15. The normalized spacial score (nSPS) is 14.6. The zero-order valence-electron chi connectivity index (χ0n) is 9.19. The Morgan fingerprint density at radius 2 is 2.40 bits per heavy atom. The fraction of sp³-hybridized carbons (Fsp3) is 0.545. The molecule has 0 bridgehead atoms. The standard InChI is InChI=1S/C11H18N2OS/c1-3-5-9(12)11(14)13-8(2)10-6-4-7-15-10/h4,6-9H,3,5,12H2,1-2H3,(H,13,14)/t8-,9+/m1/s1. The highest BCUT2D eigenvalue weighted by atomic mass is 32.1. The summed E-state index contributed by atoms with van der Waals surface area (Å²) in [7, 11) is 0. The summed E-state index contributed by atoms with van der Waals surface area (Å²) in [6, 6.07) is 3.67. The van der Waals surface area contributed by atoms with Crippen molar-refractivity contribution >= 4 is 17.2 Å². The largest absolute Gasteiger partial charge is 0.347 e. The van der Waals surface area contributed by atoms with Crippen molar-refractivity contribution in [3.63, 3.8) is 0 Å². The van der Waals surface area contributed by atoms with Gasteiger partial charge in [0.1, 0.15) is 0 Å². The van der Waals surface area contributed by atoms with E-state index in [9.17, 15) is 4.79 Å². The van der Waals surface area contributed by atoms with Gasteiger partial charge in [-0.2, -0.15) is 0 Å². The van der Waals surface area contributed by atoms with Crippen LogP contribution in [0.15, 0.2) is 17.5 Å². The molecule has 0 radical (unpaired) electrons. The zero-order valence-corrected chi connectivity index (χ0v) is 10.0. The monoisotopic (exact) mass is 226 g/mol. The van der Waals surface area contributed by atoms with E-state index < -0.39 is 0 Å². The number of hydrogen-bond acceptors (Lipinski definition) is 3. The van der Waals surface area contributed by atoms with Crippen molar-refractivity contribution in [3.8, 4) is 0 Å². The van der Waals surface area contributed by atoms with Crippen molar-refractivity contribution in [3.05, 3.63) is 22.4 Å². The maximum absolute atomic E-state index is 11.6. The van der Waals surface area contributed by atoms with E-state index in [1.165, 1.54) is 0 Å². The van der Waals surface area contributed by atoms with Crippen LogP contribution in [0.4, 0.5) is 0 Å². The molecule has 0 aliphatic heterocycles. The summed E-state index contributed by atoms with van der Waals surface area (Å²) in [6.45, 7) is 4.00. The van der Waals surface area contributed by atoms with Gasteiger partial charge in [-0.15, -0.1) is 11.3 Å². The van der Waals surface area contributed by atoms with Gasteiger partial charge in [-0.05, 0) is 24.8 Å². The molecule has 0 aromatic carbocycles. The van der Waals surface area contributed by atoms with Gasteiger partial charge in [-0.1, -0.05) is 19.4 Å². The molecule has 1 aromatic rings. The average molecular weight is 226 g/mol. The average Bonchev–Trinajstić information content (AvgIpc) is 2.70. The number of hydrogen-bond donors (Lipinski definition) is 2. The van der Waals surface area contributed by atoms with E-state index in [4.69, 9.17) is 5.73 Å². The van der Waals surface area contributed by atoms with Gasteiger partial charge in [0.25, 0.3) is 0 Å². The first-order valence-electron chi connectivity index (χ1n) is 5.24. The maximum Gasteiger partial charge on any atom is 0.237 e. The summed E-state index contributed by atoms with van der Waals surface area (Å²) >= 11 is 1.64. The number of carbonyl (C=O) groups excluding carboxylic acids is 1. The predicted molar refractivity (Wildman–Crippen MR) is 63.8 cm³/mol. The van der Waals surface area contributed by atoms with Crippen molar-refractivity contribution in [1.29, 1.82) is 0 Å². The topological polar surface area (TPSA) is 55.1 Å². The van der Waals surface area contributed by atoms with Crippen LogP contribution in [0.1, 0.15) is 37.6 Å². The molecule has 0 fully saturated rings. The smallest absolute Gasteiger partial charge is 0.237 e. The lowest BCUT2D eigenvalue weighted by atomic mass is 10.1. The first kappa shape index (κ1) is 12.2. The first-order chi connectivity index (χ1) is 7.15. The van der Waals surface area contributed by atoms with Crippen LogP contribution >= 0.6 is 11.3 Å². The Balaban J connectivity index is 2.44. The number of thiophene rings is 1. The Bertz CT molecular complexity index is 298. The van der Waals surface area contributed by atoms with Crippen LogP contribution < -0.4 is 11.1 Å². The van der Waals surface area contributed by atoms with Gasteiger partial charge in [0.05, 0.1) is 12.1 Å². The minimum Gasteiger partial charge on any atom is -0.347 e. The van der Waals surface area contributed by atoms with Gasteiger partial charge in [0.2, 0.25) is 5.91 Å². The SMILES string of the molecule is CCC[C@H](N)C(=O)N[C@H](C)c1cccs1. The van der Waals surface area contributed by atoms with Crippen LogP contribution in [0.5, 0.6) is 0 Å². The molecule has 0 saturated heterocycles. The molecule has 3 nitrogen and oxygen atoms in total. The lowest BCUT2D eigenvalue weighted by molar-refractivity contribution is -0.123. The van der Waals surface area contributed by atoms with Crippen molar-refractivity contribution in [2.45, 2.75) is 38.8 Å². The quantitative estimate of drug-likeness (QED) is 0.807. The molecule has 4 heteroatoms. The van der Waals surface area contributed by atoms with E-state index in [-0.39, 0.29) is 18.0 Å². The summed E-state index contributed by atoms with van der Waals surface area (Å²) in [5, 5.41) is 4.92. The Kier molecular flexibility index (Phi) is 4.78. The minimum atomic E-state index is -0.377. The Hall–Kier alpha value is -0.870. The maximum atomic E-state index is 11.6. The van der Waals surface area contributed by atoms with E-state index >= 15 is 0 Å². The molecule has 2 atom stereocenters. The molecule has 0 saturated carbocycles. The van der Waals surface area contributed by atoms with Crippen molar-refractivity contribution in [2.75, 3.05) is 0 Å². The van der Waals surface area contributed by atoms with Crippen LogP contribution in [0.2, 0.25) is 0 Å². The summed E-state index contributed by atoms with van der Waals surface area (Å²) < 4.78 is 0. The summed E-state index contributed by atoms with van der Waals surface area (Å²) in [4.78, 5) is 12.8. The Morgan fingerprint density at radius 1 is 1.67 bits per heavy atom. The Morgan fingerprint density at radius 3 is 2.93 bits per heavy atom. The Labute approximate surface area is 94.7 Å². The fourth-order valence-corrected chi connectivity index (χ4v) is 2.11. The molecule has 15 heavy (non-hydrogen) atoms. The fourth-order valence-electron chi connectivity index (χ4n) is 1.37. The van der Waals surface area contributed by atoms with E-state index in [0.717, 1.165) is 17.7 Å². The molecular formula is C11H18N2OS. The van der Waals surface area contributed by atoms with Crippen LogP contribution in [0.3, 0.4) is 0 Å². The summed E-state index contributed by atoms with van der Waals surface area (Å²) in [5.74, 6) is -0.0576. The second kappa shape index (κ2) is 5.88. The zero-order chi connectivity index (χ0) is 11.3. The van der Waals surface area contributed by atoms with Crippen molar-refractivity contribution < 1.29 is 4.79 Å². The molecule has 1 heterocycles. The number of nitrogens with two attached hydrogens (primary N) is 1.